The summed E-state index contributed by atoms with van der Waals surface area (Å²) in [4.78, 5) is 56.5. The fourth-order valence-corrected chi connectivity index (χ4v) is 6.39. The molecule has 0 saturated carbocycles. The van der Waals surface area contributed by atoms with Gasteiger partial charge in [-0.3, -0.25) is 19.0 Å². The highest BCUT2D eigenvalue weighted by Gasteiger charge is 2.25. The second-order valence-electron chi connectivity index (χ2n) is 12.4. The lowest BCUT2D eigenvalue weighted by Gasteiger charge is -2.28. The molecule has 268 valence electrons. The number of nitrogens with one attached hydrogen (secondary N) is 2. The Morgan fingerprint density at radius 2 is 1.90 bits per heavy atom. The zero-order valence-corrected chi connectivity index (χ0v) is 30.8. The van der Waals surface area contributed by atoms with Gasteiger partial charge < -0.3 is 24.9 Å². The van der Waals surface area contributed by atoms with E-state index in [9.17, 15) is 24.3 Å². The first kappa shape index (κ1) is 37.9. The number of fused-ring (bicyclic) bond motifs is 2. The summed E-state index contributed by atoms with van der Waals surface area (Å²) in [7, 11) is 1.26. The van der Waals surface area contributed by atoms with Crippen molar-refractivity contribution in [3.05, 3.63) is 114 Å². The quantitative estimate of drug-likeness (QED) is 0.135. The Balaban J connectivity index is 0.000000199. The number of Topliss-reactive ketones (excluding diaryl/α,β-unsaturated/α-hetero) is 1. The van der Waals surface area contributed by atoms with Crippen LogP contribution in [0.15, 0.2) is 81.2 Å². The van der Waals surface area contributed by atoms with Gasteiger partial charge in [-0.1, -0.05) is 55.3 Å². The van der Waals surface area contributed by atoms with Gasteiger partial charge in [-0.25, -0.2) is 9.78 Å². The molecule has 1 aliphatic heterocycles. The van der Waals surface area contributed by atoms with Crippen molar-refractivity contribution in [1.29, 1.82) is 0 Å². The van der Waals surface area contributed by atoms with Gasteiger partial charge in [-0.2, -0.15) is 0 Å². The topological polar surface area (TPSA) is 153 Å². The predicted octanol–water partition coefficient (Wildman–Crippen LogP) is 6.12. The normalized spacial score (nSPS) is 15.6. The number of benzene rings is 3. The average Bonchev–Trinajstić information content (AvgIpc) is 3.13. The largest absolute Gasteiger partial charge is 0.489 e. The van der Waals surface area contributed by atoms with Gasteiger partial charge in [0.2, 0.25) is 5.43 Å². The molecule has 5 aromatic rings. The molecule has 2 atom stereocenters. The number of hydrogen-bond donors (Lipinski definition) is 3. The Morgan fingerprint density at radius 1 is 1.12 bits per heavy atom. The zero-order chi connectivity index (χ0) is 36.5. The molecule has 13 heteroatoms. The first-order valence-corrected chi connectivity index (χ1v) is 18.0. The van der Waals surface area contributed by atoms with E-state index in [1.165, 1.54) is 24.2 Å². The van der Waals surface area contributed by atoms with Crippen molar-refractivity contribution in [2.45, 2.75) is 70.7 Å². The Hall–Kier alpha value is -4.36. The molecule has 1 aliphatic rings. The summed E-state index contributed by atoms with van der Waals surface area (Å²) < 4.78 is 12.7. The third kappa shape index (κ3) is 9.50. The van der Waals surface area contributed by atoms with E-state index in [1.807, 2.05) is 42.5 Å². The van der Waals surface area contributed by atoms with Crippen molar-refractivity contribution in [1.82, 2.24) is 19.9 Å². The first-order valence-electron chi connectivity index (χ1n) is 16.8. The van der Waals surface area contributed by atoms with Gasteiger partial charge >= 0.3 is 5.97 Å². The molecule has 0 amide bonds. The second-order valence-corrected chi connectivity index (χ2v) is 13.6. The number of piperidine rings is 1. The summed E-state index contributed by atoms with van der Waals surface area (Å²) in [6.07, 6.45) is 6.84. The van der Waals surface area contributed by atoms with E-state index < -0.39 is 12.1 Å². The minimum Gasteiger partial charge on any atom is -0.489 e. The summed E-state index contributed by atoms with van der Waals surface area (Å²) in [5, 5.41) is 14.3. The Labute approximate surface area is 308 Å². The Morgan fingerprint density at radius 3 is 2.63 bits per heavy atom. The third-order valence-electron chi connectivity index (χ3n) is 8.71. The number of methoxy groups -OCH3 is 1. The van der Waals surface area contributed by atoms with Gasteiger partial charge in [-0.15, -0.1) is 0 Å². The number of halogens is 2. The molecule has 0 spiro atoms. The first-order chi connectivity index (χ1) is 24.6. The maximum atomic E-state index is 12.7. The van der Waals surface area contributed by atoms with Crippen molar-refractivity contribution in [2.24, 2.45) is 0 Å². The highest BCUT2D eigenvalue weighted by atomic mass is 79.9. The number of ether oxygens (including phenoxy) is 2. The average molecular weight is 780 g/mol. The van der Waals surface area contributed by atoms with Crippen molar-refractivity contribution < 1.29 is 24.2 Å². The lowest BCUT2D eigenvalue weighted by Crippen LogP contribution is -2.46. The molecule has 1 saturated heterocycles. The number of aliphatic hydroxyl groups excluding tert-OH is 1. The molecule has 3 heterocycles. The van der Waals surface area contributed by atoms with Crippen LogP contribution < -0.4 is 21.0 Å². The predicted molar refractivity (Wildman–Crippen MR) is 201 cm³/mol. The molecule has 0 unspecified atom stereocenters. The lowest BCUT2D eigenvalue weighted by atomic mass is 9.97. The molecule has 0 radical (unpaired) electrons. The van der Waals surface area contributed by atoms with Crippen LogP contribution in [0.2, 0.25) is 5.02 Å². The number of nitrogens with zero attached hydrogens (tertiary/aromatic N) is 2. The van der Waals surface area contributed by atoms with E-state index in [2.05, 4.69) is 42.9 Å². The van der Waals surface area contributed by atoms with Crippen LogP contribution in [0.1, 0.15) is 60.5 Å². The van der Waals surface area contributed by atoms with E-state index in [-0.39, 0.29) is 41.3 Å². The fraction of sp³-hybridized carbons (Fsp3) is 0.342. The van der Waals surface area contributed by atoms with Crippen LogP contribution >= 0.6 is 27.5 Å². The van der Waals surface area contributed by atoms with E-state index >= 15 is 0 Å². The number of esters is 1. The molecule has 3 N–H and O–H groups in total. The number of ketones is 1. The number of aromatic amines is 1. The van der Waals surface area contributed by atoms with Crippen molar-refractivity contribution in [2.75, 3.05) is 13.7 Å². The summed E-state index contributed by atoms with van der Waals surface area (Å²) in [6.45, 7) is 3.30. The summed E-state index contributed by atoms with van der Waals surface area (Å²) >= 11 is 9.33. The summed E-state index contributed by atoms with van der Waals surface area (Å²) in [5.41, 5.74) is 2.56. The number of aryl methyl sites for hydroxylation is 1. The number of carbonyl (C=O) groups excluding carboxylic acids is 2. The highest BCUT2D eigenvalue weighted by molar-refractivity contribution is 9.10. The molecule has 0 bridgehead atoms. The number of carbonyl (C=O) groups is 2. The van der Waals surface area contributed by atoms with E-state index in [0.717, 1.165) is 49.1 Å². The molecular weight excluding hydrogens is 740 g/mol. The van der Waals surface area contributed by atoms with Crippen LogP contribution in [-0.4, -0.2) is 57.2 Å². The smallest absolute Gasteiger partial charge is 0.343 e. The van der Waals surface area contributed by atoms with Crippen LogP contribution in [0.4, 0.5) is 0 Å². The number of hydrogen-bond acceptors (Lipinski definition) is 9. The van der Waals surface area contributed by atoms with Gasteiger partial charge in [0.1, 0.15) is 17.9 Å². The SMILES string of the molecule is CCCCc1cc2c(=O)c(C(=O)OC)c[nH]c2cc1OCc1ccccc1.O=C(C[C@@H]1NCCC[C@H]1O)Cn1cnc2cc(Br)c(Cl)cc2c1=O. The molecule has 6 rings (SSSR count). The van der Waals surface area contributed by atoms with E-state index in [0.29, 0.717) is 44.3 Å². The van der Waals surface area contributed by atoms with Gasteiger partial charge in [-0.05, 0) is 77.5 Å². The number of pyridine rings is 1. The minimum absolute atomic E-state index is 0.00407. The zero-order valence-electron chi connectivity index (χ0n) is 28.4. The van der Waals surface area contributed by atoms with Crippen LogP contribution in [0.25, 0.3) is 21.8 Å². The van der Waals surface area contributed by atoms with Crippen molar-refractivity contribution >= 4 is 61.1 Å². The van der Waals surface area contributed by atoms with Crippen LogP contribution in [0.5, 0.6) is 5.75 Å². The Bertz CT molecular complexity index is 2140. The second kappa shape index (κ2) is 17.7. The fourth-order valence-electron chi connectivity index (χ4n) is 5.90. The Kier molecular flexibility index (Phi) is 13.2. The minimum atomic E-state index is -0.641. The maximum Gasteiger partial charge on any atom is 0.343 e. The standard InChI is InChI=1S/C22H23NO4.C16H17BrClN3O3/c1-3-4-10-16-11-17-19(23-13-18(21(17)24)22(25)26-2)12-20(16)27-14-15-8-6-5-7-9-15;17-11-6-13-10(5-12(11)18)16(24)21(8-20-13)7-9(22)4-14-15(23)2-1-3-19-14/h5-9,11-13H,3-4,10,14H2,1-2H3,(H,23,24);5-6,8,14-15,19,23H,1-4,7H2/t;14-,15+/m.0/s1. The molecule has 2 aromatic heterocycles. The van der Waals surface area contributed by atoms with Crippen LogP contribution in [-0.2, 0) is 29.1 Å². The van der Waals surface area contributed by atoms with Gasteiger partial charge in [0.15, 0.2) is 5.78 Å². The molecular formula is C38H40BrClN4O7. The van der Waals surface area contributed by atoms with E-state index in [1.54, 1.807) is 12.1 Å². The summed E-state index contributed by atoms with van der Waals surface area (Å²) in [5.74, 6) is -0.0150. The van der Waals surface area contributed by atoms with Gasteiger partial charge in [0.25, 0.3) is 5.56 Å². The number of H-pyrrole nitrogens is 1. The summed E-state index contributed by atoms with van der Waals surface area (Å²) in [6, 6.07) is 16.6. The monoisotopic (exact) mass is 778 g/mol. The number of aromatic nitrogens is 3. The van der Waals surface area contributed by atoms with Gasteiger partial charge in [0.05, 0.1) is 47.5 Å². The van der Waals surface area contributed by atoms with E-state index in [4.69, 9.17) is 16.3 Å². The highest BCUT2D eigenvalue weighted by Crippen LogP contribution is 2.27. The third-order valence-corrected chi connectivity index (χ3v) is 9.91. The van der Waals surface area contributed by atoms with Crippen LogP contribution in [0, 0.1) is 0 Å². The number of rotatable bonds is 11. The number of unbranched alkanes of at least 4 members (excludes halogenated alkanes) is 1. The van der Waals surface area contributed by atoms with Crippen molar-refractivity contribution in [3.63, 3.8) is 0 Å². The van der Waals surface area contributed by atoms with Gasteiger partial charge in [0, 0.05) is 34.6 Å². The van der Waals surface area contributed by atoms with Crippen molar-refractivity contribution in [3.8, 4) is 5.75 Å². The molecule has 3 aromatic carbocycles. The maximum absolute atomic E-state index is 12.7. The molecule has 11 nitrogen and oxygen atoms in total. The molecule has 0 aliphatic carbocycles. The lowest BCUT2D eigenvalue weighted by molar-refractivity contribution is -0.121. The molecule has 1 fully saturated rings. The van der Waals surface area contributed by atoms with Crippen LogP contribution in [0.3, 0.4) is 0 Å². The number of aliphatic hydroxyl groups is 1. The molecule has 51 heavy (non-hydrogen) atoms.